The third kappa shape index (κ3) is 3.55. The maximum Gasteiger partial charge on any atom is 0.272 e. The van der Waals surface area contributed by atoms with Gasteiger partial charge in [-0.05, 0) is 54.8 Å². The Hall–Kier alpha value is -1.39. The molecule has 5 heteroatoms. The van der Waals surface area contributed by atoms with Crippen LogP contribution in [-0.4, -0.2) is 4.92 Å². The minimum atomic E-state index is -0.343. The van der Waals surface area contributed by atoms with E-state index in [4.69, 9.17) is 11.6 Å². The quantitative estimate of drug-likeness (QED) is 0.588. The van der Waals surface area contributed by atoms with Gasteiger partial charge in [0.05, 0.1) is 9.26 Å². The fourth-order valence-corrected chi connectivity index (χ4v) is 3.04. The first-order valence-electron chi connectivity index (χ1n) is 6.03. The van der Waals surface area contributed by atoms with E-state index in [9.17, 15) is 10.1 Å². The summed E-state index contributed by atoms with van der Waals surface area (Å²) in [5, 5.41) is 12.7. The molecule has 0 aliphatic heterocycles. The number of benzene rings is 1. The topological polar surface area (TPSA) is 43.1 Å². The van der Waals surface area contributed by atoms with E-state index in [-0.39, 0.29) is 10.6 Å². The standard InChI is InChI=1S/C14H14ClNO2S/c1-10-9-11(5-6-13(10)16(17)18)3-2-4-12-7-8-19-14(12)15/h5-9H,2-4H2,1H3. The van der Waals surface area contributed by atoms with E-state index in [1.165, 1.54) is 5.56 Å². The second-order valence-corrected chi connectivity index (χ2v) is 5.97. The summed E-state index contributed by atoms with van der Waals surface area (Å²) in [5.41, 5.74) is 3.22. The number of rotatable bonds is 5. The second-order valence-electron chi connectivity index (χ2n) is 4.45. The van der Waals surface area contributed by atoms with E-state index in [1.54, 1.807) is 24.3 Å². The molecule has 2 rings (SSSR count). The molecule has 19 heavy (non-hydrogen) atoms. The highest BCUT2D eigenvalue weighted by atomic mass is 35.5. The van der Waals surface area contributed by atoms with Gasteiger partial charge >= 0.3 is 0 Å². The van der Waals surface area contributed by atoms with Gasteiger partial charge in [0.1, 0.15) is 0 Å². The Morgan fingerprint density at radius 1 is 1.32 bits per heavy atom. The van der Waals surface area contributed by atoms with E-state index < -0.39 is 0 Å². The molecular weight excluding hydrogens is 282 g/mol. The van der Waals surface area contributed by atoms with Crippen molar-refractivity contribution >= 4 is 28.6 Å². The van der Waals surface area contributed by atoms with Gasteiger partial charge in [-0.15, -0.1) is 11.3 Å². The summed E-state index contributed by atoms with van der Waals surface area (Å²) < 4.78 is 0.861. The van der Waals surface area contributed by atoms with Gasteiger partial charge in [-0.1, -0.05) is 17.7 Å². The van der Waals surface area contributed by atoms with E-state index in [0.717, 1.165) is 34.7 Å². The number of aryl methyl sites for hydroxylation is 3. The molecule has 1 heterocycles. The number of halogens is 1. The van der Waals surface area contributed by atoms with Crippen molar-refractivity contribution in [2.45, 2.75) is 26.2 Å². The lowest BCUT2D eigenvalue weighted by Crippen LogP contribution is -1.94. The van der Waals surface area contributed by atoms with Gasteiger partial charge < -0.3 is 0 Å². The number of hydrogen-bond donors (Lipinski definition) is 0. The van der Waals surface area contributed by atoms with Gasteiger partial charge in [-0.3, -0.25) is 10.1 Å². The number of nitro benzene ring substituents is 1. The number of nitrogens with zero attached hydrogens (tertiary/aromatic N) is 1. The Labute approximate surface area is 121 Å². The largest absolute Gasteiger partial charge is 0.272 e. The molecule has 1 aromatic heterocycles. The van der Waals surface area contributed by atoms with Crippen LogP contribution < -0.4 is 0 Å². The summed E-state index contributed by atoms with van der Waals surface area (Å²) in [5.74, 6) is 0. The molecular formula is C14H14ClNO2S. The minimum absolute atomic E-state index is 0.185. The number of hydrogen-bond acceptors (Lipinski definition) is 3. The van der Waals surface area contributed by atoms with E-state index >= 15 is 0 Å². The first-order valence-corrected chi connectivity index (χ1v) is 7.29. The monoisotopic (exact) mass is 295 g/mol. The first kappa shape index (κ1) is 14.0. The Morgan fingerprint density at radius 2 is 2.11 bits per heavy atom. The first-order chi connectivity index (χ1) is 9.08. The van der Waals surface area contributed by atoms with Gasteiger partial charge in [0, 0.05) is 11.6 Å². The van der Waals surface area contributed by atoms with Crippen molar-refractivity contribution in [3.05, 3.63) is 60.8 Å². The van der Waals surface area contributed by atoms with Crippen LogP contribution in [0.15, 0.2) is 29.6 Å². The summed E-state index contributed by atoms with van der Waals surface area (Å²) in [6, 6.07) is 7.37. The predicted octanol–water partition coefficient (Wildman–Crippen LogP) is 4.79. The van der Waals surface area contributed by atoms with Crippen molar-refractivity contribution in [2.75, 3.05) is 0 Å². The Bertz CT molecular complexity index is 595. The maximum atomic E-state index is 10.7. The summed E-state index contributed by atoms with van der Waals surface area (Å²) in [7, 11) is 0. The summed E-state index contributed by atoms with van der Waals surface area (Å²) in [6.07, 6.45) is 2.84. The molecule has 0 saturated heterocycles. The molecule has 0 unspecified atom stereocenters. The molecule has 1 aromatic carbocycles. The van der Waals surface area contributed by atoms with Crippen LogP contribution in [0.1, 0.15) is 23.1 Å². The van der Waals surface area contributed by atoms with Crippen LogP contribution in [0.4, 0.5) is 5.69 Å². The zero-order valence-electron chi connectivity index (χ0n) is 10.6. The SMILES string of the molecule is Cc1cc(CCCc2ccsc2Cl)ccc1[N+](=O)[O-]. The Morgan fingerprint density at radius 3 is 2.68 bits per heavy atom. The lowest BCUT2D eigenvalue weighted by molar-refractivity contribution is -0.385. The van der Waals surface area contributed by atoms with Crippen LogP contribution in [0.25, 0.3) is 0 Å². The maximum absolute atomic E-state index is 10.7. The fraction of sp³-hybridized carbons (Fsp3) is 0.286. The van der Waals surface area contributed by atoms with Crippen LogP contribution in [0.5, 0.6) is 0 Å². The van der Waals surface area contributed by atoms with Crippen molar-refractivity contribution < 1.29 is 4.92 Å². The smallest absolute Gasteiger partial charge is 0.258 e. The average Bonchev–Trinajstić information content (AvgIpc) is 2.75. The molecule has 0 spiro atoms. The van der Waals surface area contributed by atoms with E-state index in [0.29, 0.717) is 0 Å². The highest BCUT2D eigenvalue weighted by molar-refractivity contribution is 7.14. The molecule has 2 aromatic rings. The number of nitro groups is 1. The van der Waals surface area contributed by atoms with Crippen molar-refractivity contribution in [2.24, 2.45) is 0 Å². The Balaban J connectivity index is 1.95. The number of thiophene rings is 1. The molecule has 0 atom stereocenters. The van der Waals surface area contributed by atoms with Crippen molar-refractivity contribution in [3.8, 4) is 0 Å². The van der Waals surface area contributed by atoms with Gasteiger partial charge in [-0.2, -0.15) is 0 Å². The van der Waals surface area contributed by atoms with Crippen molar-refractivity contribution in [1.29, 1.82) is 0 Å². The molecule has 0 saturated carbocycles. The average molecular weight is 296 g/mol. The zero-order chi connectivity index (χ0) is 13.8. The van der Waals surface area contributed by atoms with Crippen LogP contribution >= 0.6 is 22.9 Å². The third-order valence-corrected chi connectivity index (χ3v) is 4.31. The van der Waals surface area contributed by atoms with Crippen molar-refractivity contribution in [3.63, 3.8) is 0 Å². The summed E-state index contributed by atoms with van der Waals surface area (Å²) in [4.78, 5) is 10.4. The van der Waals surface area contributed by atoms with Crippen molar-refractivity contribution in [1.82, 2.24) is 0 Å². The van der Waals surface area contributed by atoms with Crippen LogP contribution in [0.2, 0.25) is 4.34 Å². The highest BCUT2D eigenvalue weighted by Gasteiger charge is 2.10. The van der Waals surface area contributed by atoms with Crippen LogP contribution in [0, 0.1) is 17.0 Å². The molecule has 0 bridgehead atoms. The molecule has 100 valence electrons. The zero-order valence-corrected chi connectivity index (χ0v) is 12.1. The molecule has 0 fully saturated rings. The molecule has 3 nitrogen and oxygen atoms in total. The normalized spacial score (nSPS) is 10.6. The lowest BCUT2D eigenvalue weighted by Gasteiger charge is -2.03. The lowest BCUT2D eigenvalue weighted by atomic mass is 10.0. The van der Waals surface area contributed by atoms with Gasteiger partial charge in [0.25, 0.3) is 5.69 Å². The molecule has 0 radical (unpaired) electrons. The predicted molar refractivity (Wildman–Crippen MR) is 79.2 cm³/mol. The molecule has 0 aliphatic rings. The van der Waals surface area contributed by atoms with E-state index in [1.807, 2.05) is 23.6 Å². The van der Waals surface area contributed by atoms with Crippen LogP contribution in [0.3, 0.4) is 0 Å². The van der Waals surface area contributed by atoms with Gasteiger partial charge in [0.15, 0.2) is 0 Å². The molecule has 0 amide bonds. The van der Waals surface area contributed by atoms with Crippen LogP contribution in [-0.2, 0) is 12.8 Å². The molecule has 0 aliphatic carbocycles. The minimum Gasteiger partial charge on any atom is -0.258 e. The van der Waals surface area contributed by atoms with Gasteiger partial charge in [0.2, 0.25) is 0 Å². The van der Waals surface area contributed by atoms with E-state index in [2.05, 4.69) is 0 Å². The Kier molecular flexibility index (Phi) is 4.56. The summed E-state index contributed by atoms with van der Waals surface area (Å²) >= 11 is 7.59. The third-order valence-electron chi connectivity index (χ3n) is 3.06. The van der Waals surface area contributed by atoms with Gasteiger partial charge in [-0.25, -0.2) is 0 Å². The second kappa shape index (κ2) is 6.17. The fourth-order valence-electron chi connectivity index (χ4n) is 2.06. The molecule has 0 N–H and O–H groups in total. The highest BCUT2D eigenvalue weighted by Crippen LogP contribution is 2.25. The summed E-state index contributed by atoms with van der Waals surface area (Å²) in [6.45, 7) is 1.78.